The summed E-state index contributed by atoms with van der Waals surface area (Å²) in [5.41, 5.74) is 2.45. The summed E-state index contributed by atoms with van der Waals surface area (Å²) < 4.78 is 7.20. The van der Waals surface area contributed by atoms with Crippen LogP contribution in [0.5, 0.6) is 5.75 Å². The minimum atomic E-state index is -0.109. The zero-order valence-electron chi connectivity index (χ0n) is 15.3. The number of carbonyl (C=O) groups excluding carboxylic acids is 1. The van der Waals surface area contributed by atoms with Crippen molar-refractivity contribution in [3.8, 4) is 5.75 Å². The van der Waals surface area contributed by atoms with Gasteiger partial charge in [0.15, 0.2) is 0 Å². The van der Waals surface area contributed by atoms with Gasteiger partial charge in [0, 0.05) is 30.3 Å². The number of ketones is 1. The number of thioether (sulfide) groups is 1. The fourth-order valence-electron chi connectivity index (χ4n) is 2.53. The summed E-state index contributed by atoms with van der Waals surface area (Å²) in [6.07, 6.45) is 6.95. The quantitative estimate of drug-likeness (QED) is 0.328. The Labute approximate surface area is 163 Å². The van der Waals surface area contributed by atoms with Crippen LogP contribution in [0.4, 0.5) is 0 Å². The number of hydrogen-bond donors (Lipinski definition) is 0. The molecule has 0 unspecified atom stereocenters. The van der Waals surface area contributed by atoms with Gasteiger partial charge in [-0.2, -0.15) is 5.10 Å². The lowest BCUT2D eigenvalue weighted by Crippen LogP contribution is -2.00. The molecule has 0 radical (unpaired) electrons. The van der Waals surface area contributed by atoms with Gasteiger partial charge in [-0.3, -0.25) is 9.48 Å². The fourth-order valence-corrected chi connectivity index (χ4v) is 3.36. The minimum absolute atomic E-state index is 0.109. The Morgan fingerprint density at radius 1 is 1.26 bits per heavy atom. The number of rotatable bonds is 8. The van der Waals surface area contributed by atoms with Gasteiger partial charge in [0.05, 0.1) is 12.1 Å². The molecule has 1 aromatic carbocycles. The van der Waals surface area contributed by atoms with E-state index >= 15 is 0 Å². The van der Waals surface area contributed by atoms with Crippen LogP contribution in [0.3, 0.4) is 0 Å². The average Bonchev–Trinajstić information content (AvgIpc) is 3.20. The molecule has 3 rings (SSSR count). The Balaban J connectivity index is 1.72. The lowest BCUT2D eigenvalue weighted by Gasteiger charge is -2.09. The van der Waals surface area contributed by atoms with Crippen LogP contribution in [0, 0.1) is 0 Å². The van der Waals surface area contributed by atoms with Crippen LogP contribution in [0.2, 0.25) is 0 Å². The van der Waals surface area contributed by atoms with Crippen LogP contribution >= 0.6 is 11.8 Å². The maximum atomic E-state index is 12.3. The zero-order chi connectivity index (χ0) is 19.1. The number of carbonyl (C=O) groups is 1. The van der Waals surface area contributed by atoms with Crippen LogP contribution in [0.1, 0.15) is 28.5 Å². The maximum absolute atomic E-state index is 12.3. The Hall–Kier alpha value is -2.86. The Kier molecular flexibility index (Phi) is 6.44. The molecule has 0 aliphatic carbocycles. The molecule has 0 atom stereocenters. The maximum Gasteiger partial charge on any atom is 0.206 e. The van der Waals surface area contributed by atoms with E-state index in [2.05, 4.69) is 10.1 Å². The Morgan fingerprint density at radius 3 is 2.85 bits per heavy atom. The molecule has 2 aromatic heterocycles. The van der Waals surface area contributed by atoms with Crippen LogP contribution in [-0.2, 0) is 12.3 Å². The van der Waals surface area contributed by atoms with Gasteiger partial charge >= 0.3 is 0 Å². The molecule has 0 bridgehead atoms. The van der Waals surface area contributed by atoms with Gasteiger partial charge in [-0.25, -0.2) is 4.98 Å². The third-order valence-electron chi connectivity index (χ3n) is 3.96. The van der Waals surface area contributed by atoms with Crippen molar-refractivity contribution in [3.63, 3.8) is 0 Å². The SMILES string of the molecule is CCn1ccc(C(=O)/C=C/c2ccc(OC)c(CSc3ccccn3)c2)n1. The molecule has 5 nitrogen and oxygen atoms in total. The van der Waals surface area contributed by atoms with Gasteiger partial charge in [-0.05, 0) is 48.9 Å². The second-order valence-electron chi connectivity index (χ2n) is 5.78. The summed E-state index contributed by atoms with van der Waals surface area (Å²) in [5, 5.41) is 5.19. The molecule has 0 saturated heterocycles. The van der Waals surface area contributed by atoms with Crippen molar-refractivity contribution >= 4 is 23.6 Å². The van der Waals surface area contributed by atoms with E-state index in [1.54, 1.807) is 48.1 Å². The highest BCUT2D eigenvalue weighted by atomic mass is 32.2. The first-order chi connectivity index (χ1) is 13.2. The van der Waals surface area contributed by atoms with Gasteiger partial charge in [0.25, 0.3) is 0 Å². The molecule has 0 aliphatic rings. The predicted molar refractivity (Wildman–Crippen MR) is 108 cm³/mol. The number of aryl methyl sites for hydroxylation is 1. The third kappa shape index (κ3) is 5.08. The van der Waals surface area contributed by atoms with E-state index in [1.165, 1.54) is 0 Å². The molecule has 27 heavy (non-hydrogen) atoms. The molecule has 3 aromatic rings. The minimum Gasteiger partial charge on any atom is -0.496 e. The van der Waals surface area contributed by atoms with Gasteiger partial charge in [-0.1, -0.05) is 18.2 Å². The average molecular weight is 379 g/mol. The van der Waals surface area contributed by atoms with Crippen LogP contribution in [0.25, 0.3) is 6.08 Å². The molecule has 138 valence electrons. The van der Waals surface area contributed by atoms with Crippen molar-refractivity contribution in [2.45, 2.75) is 24.2 Å². The molecular weight excluding hydrogens is 358 g/mol. The largest absolute Gasteiger partial charge is 0.496 e. The lowest BCUT2D eigenvalue weighted by atomic mass is 10.1. The number of nitrogens with zero attached hydrogens (tertiary/aromatic N) is 3. The number of allylic oxidation sites excluding steroid dienone is 1. The van der Waals surface area contributed by atoms with Gasteiger partial charge in [-0.15, -0.1) is 11.8 Å². The first-order valence-corrected chi connectivity index (χ1v) is 9.64. The van der Waals surface area contributed by atoms with Gasteiger partial charge < -0.3 is 4.74 Å². The molecule has 0 saturated carbocycles. The van der Waals surface area contributed by atoms with Crippen LogP contribution < -0.4 is 4.74 Å². The Morgan fingerprint density at radius 2 is 2.15 bits per heavy atom. The second-order valence-corrected chi connectivity index (χ2v) is 6.78. The molecule has 0 amide bonds. The second kappa shape index (κ2) is 9.19. The van der Waals surface area contributed by atoms with Gasteiger partial charge in [0.1, 0.15) is 11.4 Å². The summed E-state index contributed by atoms with van der Waals surface area (Å²) in [7, 11) is 1.66. The monoisotopic (exact) mass is 379 g/mol. The number of hydrogen-bond acceptors (Lipinski definition) is 5. The summed E-state index contributed by atoms with van der Waals surface area (Å²) in [4.78, 5) is 16.6. The number of ether oxygens (including phenoxy) is 1. The van der Waals surface area contributed by atoms with Crippen LogP contribution in [-0.4, -0.2) is 27.7 Å². The van der Waals surface area contributed by atoms with Crippen molar-refractivity contribution in [2.75, 3.05) is 7.11 Å². The van der Waals surface area contributed by atoms with Crippen molar-refractivity contribution in [3.05, 3.63) is 77.8 Å². The van der Waals surface area contributed by atoms with E-state index in [0.29, 0.717) is 5.69 Å². The number of aromatic nitrogens is 3. The van der Waals surface area contributed by atoms with Crippen molar-refractivity contribution in [1.29, 1.82) is 0 Å². The highest BCUT2D eigenvalue weighted by Crippen LogP contribution is 2.28. The summed E-state index contributed by atoms with van der Waals surface area (Å²) in [5.74, 6) is 1.45. The number of benzene rings is 1. The molecular formula is C21H21N3O2S. The van der Waals surface area contributed by atoms with E-state index in [9.17, 15) is 4.79 Å². The van der Waals surface area contributed by atoms with E-state index < -0.39 is 0 Å². The third-order valence-corrected chi connectivity index (χ3v) is 4.95. The first-order valence-electron chi connectivity index (χ1n) is 8.66. The van der Waals surface area contributed by atoms with Crippen molar-refractivity contribution in [2.24, 2.45) is 0 Å². The normalized spacial score (nSPS) is 11.0. The zero-order valence-corrected chi connectivity index (χ0v) is 16.1. The van der Waals surface area contributed by atoms with E-state index in [-0.39, 0.29) is 5.78 Å². The fraction of sp³-hybridized carbons (Fsp3) is 0.190. The lowest BCUT2D eigenvalue weighted by molar-refractivity contribution is 0.104. The van der Waals surface area contributed by atoms with E-state index in [4.69, 9.17) is 4.74 Å². The number of pyridine rings is 1. The predicted octanol–water partition coefficient (Wildman–Crippen LogP) is 4.50. The molecule has 0 fully saturated rings. The first kappa shape index (κ1) is 18.9. The smallest absolute Gasteiger partial charge is 0.206 e. The molecule has 0 aliphatic heterocycles. The Bertz CT molecular complexity index is 936. The topological polar surface area (TPSA) is 57.0 Å². The van der Waals surface area contributed by atoms with Gasteiger partial charge in [0.2, 0.25) is 5.78 Å². The van der Waals surface area contributed by atoms with E-state index in [0.717, 1.165) is 34.2 Å². The molecule has 6 heteroatoms. The summed E-state index contributed by atoms with van der Waals surface area (Å²) in [6.45, 7) is 2.73. The molecule has 2 heterocycles. The highest BCUT2D eigenvalue weighted by molar-refractivity contribution is 7.98. The highest BCUT2D eigenvalue weighted by Gasteiger charge is 2.07. The van der Waals surface area contributed by atoms with Crippen molar-refractivity contribution in [1.82, 2.24) is 14.8 Å². The van der Waals surface area contributed by atoms with Crippen molar-refractivity contribution < 1.29 is 9.53 Å². The van der Waals surface area contributed by atoms with E-state index in [1.807, 2.05) is 49.4 Å². The molecule has 0 N–H and O–H groups in total. The van der Waals surface area contributed by atoms with Crippen LogP contribution in [0.15, 0.2) is 66.0 Å². The summed E-state index contributed by atoms with van der Waals surface area (Å²) in [6, 6.07) is 13.5. The summed E-state index contributed by atoms with van der Waals surface area (Å²) >= 11 is 1.64. The standard InChI is InChI=1S/C21H21N3O2S/c1-3-24-13-11-18(23-24)19(25)9-7-16-8-10-20(26-2)17(14-16)15-27-21-6-4-5-12-22-21/h4-14H,3,15H2,1-2H3/b9-7+. The number of methoxy groups -OCH3 is 1. The molecule has 0 spiro atoms.